The minimum absolute atomic E-state index is 0.0209. The second kappa shape index (κ2) is 17.1. The largest absolute Gasteiger partial charge is 0.465 e. The number of ether oxygens (including phenoxy) is 2. The van der Waals surface area contributed by atoms with Crippen molar-refractivity contribution in [3.63, 3.8) is 0 Å². The summed E-state index contributed by atoms with van der Waals surface area (Å²) < 4.78 is 10.7. The molecule has 61 heavy (non-hydrogen) atoms. The summed E-state index contributed by atoms with van der Waals surface area (Å²) in [6.07, 6.45) is 2.88. The minimum atomic E-state index is -0.731. The third kappa shape index (κ3) is 7.94. The Morgan fingerprint density at radius 2 is 1.54 bits per heavy atom. The fourth-order valence-electron chi connectivity index (χ4n) is 8.25. The molecule has 5 heterocycles. The van der Waals surface area contributed by atoms with Crippen molar-refractivity contribution in [2.45, 2.75) is 65.7 Å². The predicted octanol–water partition coefficient (Wildman–Crippen LogP) is 9.17. The molecule has 8 bridgehead atoms. The molecule has 0 saturated heterocycles. The smallest absolute Gasteiger partial charge is 0.341 e. The van der Waals surface area contributed by atoms with Crippen molar-refractivity contribution < 1.29 is 28.7 Å². The Balaban J connectivity index is 1.33. The van der Waals surface area contributed by atoms with E-state index in [4.69, 9.17) is 25.2 Å². The average molecular weight is 820 g/mol. The van der Waals surface area contributed by atoms with E-state index in [1.165, 1.54) is 14.2 Å². The number of nitrogens with two attached hydrogens (primary N) is 1. The number of rotatable bonds is 10. The van der Waals surface area contributed by atoms with Crippen LogP contribution in [0.1, 0.15) is 111 Å². The number of nitrogens with zero attached hydrogens (tertiary/aromatic N) is 2. The quantitative estimate of drug-likeness (QED) is 0.0675. The zero-order valence-electron chi connectivity index (χ0n) is 35.3. The molecular formula is C48H49N7O6. The van der Waals surface area contributed by atoms with Crippen LogP contribution >= 0.6 is 0 Å². The number of anilines is 3. The Morgan fingerprint density at radius 3 is 2.21 bits per heavy atom. The highest BCUT2D eigenvalue weighted by Crippen LogP contribution is 2.44. The van der Waals surface area contributed by atoms with Crippen LogP contribution in [0.4, 0.5) is 17.1 Å². The molecule has 5 aromatic rings. The van der Waals surface area contributed by atoms with Crippen molar-refractivity contribution in [2.75, 3.05) is 30.6 Å². The molecule has 3 aromatic heterocycles. The number of hydrogen-bond acceptors (Lipinski definition) is 9. The van der Waals surface area contributed by atoms with Crippen LogP contribution in [0.15, 0.2) is 73.3 Å². The molecule has 0 fully saturated rings. The topological polar surface area (TPSA) is 194 Å². The van der Waals surface area contributed by atoms with Crippen LogP contribution in [0.5, 0.6) is 0 Å². The van der Waals surface area contributed by atoms with Crippen molar-refractivity contribution in [1.29, 1.82) is 0 Å². The summed E-state index contributed by atoms with van der Waals surface area (Å²) in [6, 6.07) is 19.4. The van der Waals surface area contributed by atoms with Gasteiger partial charge in [-0.3, -0.25) is 14.6 Å². The lowest BCUT2D eigenvalue weighted by Gasteiger charge is -2.18. The molecular weight excluding hydrogens is 771 g/mol. The number of aromatic nitrogens is 4. The Bertz CT molecular complexity index is 2830. The molecule has 0 spiro atoms. The summed E-state index contributed by atoms with van der Waals surface area (Å²) in [4.78, 5) is 71.4. The first-order chi connectivity index (χ1) is 29.3. The van der Waals surface area contributed by atoms with Gasteiger partial charge in [0, 0.05) is 62.8 Å². The second-order valence-electron chi connectivity index (χ2n) is 15.3. The molecule has 2 aliphatic heterocycles. The third-order valence-electron chi connectivity index (χ3n) is 11.7. The summed E-state index contributed by atoms with van der Waals surface area (Å²) in [5.74, 6) is -2.79. The van der Waals surface area contributed by atoms with E-state index in [9.17, 15) is 19.2 Å². The number of aryl methyl sites for hydroxylation is 3. The van der Waals surface area contributed by atoms with Crippen molar-refractivity contribution in [1.82, 2.24) is 19.9 Å². The number of hydrogen-bond donors (Lipinski definition) is 5. The van der Waals surface area contributed by atoms with Gasteiger partial charge in [0.2, 0.25) is 5.91 Å². The highest BCUT2D eigenvalue weighted by Gasteiger charge is 2.38. The van der Waals surface area contributed by atoms with Crippen LogP contribution < -0.4 is 16.4 Å². The van der Waals surface area contributed by atoms with E-state index in [1.54, 1.807) is 55.5 Å². The Kier molecular flexibility index (Phi) is 11.8. The number of para-hydroxylation sites is 2. The molecule has 0 radical (unpaired) electrons. The van der Waals surface area contributed by atoms with Crippen LogP contribution in [0.2, 0.25) is 0 Å². The number of amides is 2. The Labute approximate surface area is 353 Å². The second-order valence-corrected chi connectivity index (χ2v) is 15.3. The highest BCUT2D eigenvalue weighted by molar-refractivity contribution is 6.26. The van der Waals surface area contributed by atoms with Gasteiger partial charge in [-0.25, -0.2) is 14.6 Å². The van der Waals surface area contributed by atoms with E-state index >= 15 is 0 Å². The van der Waals surface area contributed by atoms with E-state index in [-0.39, 0.29) is 47.4 Å². The predicted molar refractivity (Wildman–Crippen MR) is 240 cm³/mol. The van der Waals surface area contributed by atoms with Gasteiger partial charge >= 0.3 is 11.9 Å². The minimum Gasteiger partial charge on any atom is -0.465 e. The van der Waals surface area contributed by atoms with Crippen molar-refractivity contribution in [3.05, 3.63) is 129 Å². The van der Waals surface area contributed by atoms with Crippen LogP contribution in [0.25, 0.3) is 39.3 Å². The molecule has 2 aliphatic rings. The number of fused-ring (bicyclic) bond motifs is 8. The molecule has 6 N–H and O–H groups in total. The van der Waals surface area contributed by atoms with E-state index in [0.717, 1.165) is 50.7 Å². The van der Waals surface area contributed by atoms with E-state index < -0.39 is 17.9 Å². The number of H-pyrrole nitrogens is 2. The van der Waals surface area contributed by atoms with E-state index in [1.807, 2.05) is 32.1 Å². The monoisotopic (exact) mass is 819 g/mol. The first kappa shape index (κ1) is 41.9. The number of esters is 2. The van der Waals surface area contributed by atoms with Crippen LogP contribution in [0, 0.1) is 13.8 Å². The number of allylic oxidation sites excluding steroid dienone is 1. The summed E-state index contributed by atoms with van der Waals surface area (Å²) >= 11 is 0. The van der Waals surface area contributed by atoms with Gasteiger partial charge in [0.25, 0.3) is 5.91 Å². The van der Waals surface area contributed by atoms with Crippen molar-refractivity contribution >= 4 is 80.1 Å². The van der Waals surface area contributed by atoms with Crippen molar-refractivity contribution in [2.24, 2.45) is 0 Å². The van der Waals surface area contributed by atoms with Crippen molar-refractivity contribution in [3.8, 4) is 0 Å². The molecule has 13 nitrogen and oxygen atoms in total. The van der Waals surface area contributed by atoms with Gasteiger partial charge in [0.15, 0.2) is 0 Å². The lowest BCUT2D eigenvalue weighted by Crippen LogP contribution is -2.17. The molecule has 2 aromatic carbocycles. The van der Waals surface area contributed by atoms with Gasteiger partial charge in [0.05, 0.1) is 48.2 Å². The fourth-order valence-corrected chi connectivity index (χ4v) is 8.25. The number of nitrogen functional groups attached to an aromatic ring is 1. The lowest BCUT2D eigenvalue weighted by atomic mass is 9.85. The number of nitrogens with one attached hydrogen (secondary N) is 4. The van der Waals surface area contributed by atoms with Gasteiger partial charge in [-0.2, -0.15) is 0 Å². The number of carbonyl (C=O) groups is 4. The number of benzene rings is 2. The van der Waals surface area contributed by atoms with Crippen LogP contribution in [0.3, 0.4) is 0 Å². The summed E-state index contributed by atoms with van der Waals surface area (Å²) in [6.45, 7) is 14.0. The fraction of sp³-hybridized carbons (Fsp3) is 0.250. The standard InChI is InChI=1S/C48H49N7O6/c1-9-30-24(3)35-21-37-26(5)32(19-20-41(56)50-29-17-15-28(16-18-29)46(57)55-34-14-12-11-13-33(34)49)44(53-37)43(48(59)61-8)45-42(47(58)60-7)27(6)38(54-45)23-40-31(10-2)25(4)36(52-40)22-39(30)51-35/h9,11-18,21-23,26,32,51-52H,1,10,19-20,49H2,2-8H3,(H,50,56)(H,55,57)/t26-,32-/m0/s1. The van der Waals surface area contributed by atoms with Crippen LogP contribution in [-0.4, -0.2) is 57.9 Å². The zero-order chi connectivity index (χ0) is 43.7. The number of methoxy groups -OCH3 is 2. The first-order valence-electron chi connectivity index (χ1n) is 20.1. The Hall–Kier alpha value is -7.28. The molecule has 7 rings (SSSR count). The molecule has 0 unspecified atom stereocenters. The normalized spacial score (nSPS) is 14.7. The summed E-state index contributed by atoms with van der Waals surface area (Å²) in [5.41, 5.74) is 17.5. The van der Waals surface area contributed by atoms with E-state index in [0.29, 0.717) is 45.3 Å². The molecule has 2 atom stereocenters. The molecule has 13 heteroatoms. The molecule has 0 aliphatic carbocycles. The first-order valence-corrected chi connectivity index (χ1v) is 20.1. The maximum absolute atomic E-state index is 14.1. The van der Waals surface area contributed by atoms with Gasteiger partial charge in [-0.15, -0.1) is 0 Å². The Morgan fingerprint density at radius 1 is 0.852 bits per heavy atom. The molecule has 0 saturated carbocycles. The zero-order valence-corrected chi connectivity index (χ0v) is 35.3. The average Bonchev–Trinajstić information content (AvgIpc) is 3.93. The SMILES string of the molecule is C=Cc1c(C)c2cc3nc(c(C(=O)OC)c4nc(cc5[nH]c(cc1[nH]2)c(C)c5CC)C(C)=C4C(=O)OC)[C@@H](CCC(=O)Nc1ccc(C(=O)Nc2ccccc2N)cc1)[C@@H]3C. The van der Waals surface area contributed by atoms with E-state index in [2.05, 4.69) is 47.1 Å². The number of carbonyl (C=O) groups excluding carboxylic acids is 4. The third-order valence-corrected chi connectivity index (χ3v) is 11.7. The lowest BCUT2D eigenvalue weighted by molar-refractivity contribution is -0.133. The maximum atomic E-state index is 14.1. The van der Waals surface area contributed by atoms with Gasteiger partial charge in [-0.1, -0.05) is 38.6 Å². The molecule has 2 amide bonds. The van der Waals surface area contributed by atoms with Crippen LogP contribution in [-0.2, 0) is 25.5 Å². The molecule has 312 valence electrons. The summed E-state index contributed by atoms with van der Waals surface area (Å²) in [7, 11) is 2.55. The van der Waals surface area contributed by atoms with Gasteiger partial charge < -0.3 is 35.8 Å². The van der Waals surface area contributed by atoms with Gasteiger partial charge in [-0.05, 0) is 110 Å². The summed E-state index contributed by atoms with van der Waals surface area (Å²) in [5, 5.41) is 5.73. The maximum Gasteiger partial charge on any atom is 0.341 e. The highest BCUT2D eigenvalue weighted by atomic mass is 16.5. The number of aromatic amines is 2. The van der Waals surface area contributed by atoms with Gasteiger partial charge in [0.1, 0.15) is 5.56 Å².